The van der Waals surface area contributed by atoms with Crippen molar-refractivity contribution < 1.29 is 9.72 Å². The molecule has 1 fully saturated rings. The van der Waals surface area contributed by atoms with Crippen molar-refractivity contribution in [3.05, 3.63) is 75.8 Å². The van der Waals surface area contributed by atoms with Crippen molar-refractivity contribution in [3.8, 4) is 0 Å². The van der Waals surface area contributed by atoms with Crippen LogP contribution in [0.2, 0.25) is 0 Å². The van der Waals surface area contributed by atoms with E-state index in [2.05, 4.69) is 10.6 Å². The second-order valence-corrected chi connectivity index (χ2v) is 5.93. The molecule has 1 amide bonds. The van der Waals surface area contributed by atoms with E-state index in [0.29, 0.717) is 17.8 Å². The molecular formula is C19H19N3O3. The molecule has 1 saturated carbocycles. The van der Waals surface area contributed by atoms with Crippen LogP contribution in [0, 0.1) is 10.1 Å². The molecular weight excluding hydrogens is 318 g/mol. The molecule has 1 aliphatic carbocycles. The zero-order valence-electron chi connectivity index (χ0n) is 13.6. The Bertz CT molecular complexity index is 799. The van der Waals surface area contributed by atoms with Gasteiger partial charge in [-0.2, -0.15) is 0 Å². The molecule has 0 saturated heterocycles. The average molecular weight is 337 g/mol. The number of anilines is 1. The lowest BCUT2D eigenvalue weighted by atomic mass is 10.1. The van der Waals surface area contributed by atoms with Crippen molar-refractivity contribution in [2.45, 2.75) is 18.9 Å². The van der Waals surface area contributed by atoms with Crippen LogP contribution in [0.4, 0.5) is 11.4 Å². The first-order valence-electron chi connectivity index (χ1n) is 8.18. The van der Waals surface area contributed by atoms with E-state index in [4.69, 9.17) is 0 Å². The summed E-state index contributed by atoms with van der Waals surface area (Å²) in [6.07, 6.45) is 5.78. The molecule has 0 aliphatic heterocycles. The Morgan fingerprint density at radius 3 is 2.64 bits per heavy atom. The van der Waals surface area contributed by atoms with Crippen molar-refractivity contribution in [1.82, 2.24) is 5.32 Å². The fourth-order valence-electron chi connectivity index (χ4n) is 2.40. The van der Waals surface area contributed by atoms with Crippen LogP contribution in [0.5, 0.6) is 0 Å². The molecule has 6 heteroatoms. The van der Waals surface area contributed by atoms with Crippen molar-refractivity contribution >= 4 is 23.4 Å². The van der Waals surface area contributed by atoms with Crippen LogP contribution in [0.25, 0.3) is 6.08 Å². The zero-order chi connectivity index (χ0) is 17.6. The third-order valence-corrected chi connectivity index (χ3v) is 3.89. The smallest absolute Gasteiger partial charge is 0.293 e. The molecule has 0 bridgehead atoms. The van der Waals surface area contributed by atoms with Gasteiger partial charge in [-0.1, -0.05) is 42.5 Å². The Morgan fingerprint density at radius 2 is 1.96 bits per heavy atom. The van der Waals surface area contributed by atoms with E-state index in [1.807, 2.05) is 42.5 Å². The number of hydrogen-bond acceptors (Lipinski definition) is 4. The predicted molar refractivity (Wildman–Crippen MR) is 97.6 cm³/mol. The lowest BCUT2D eigenvalue weighted by molar-refractivity contribution is -0.384. The van der Waals surface area contributed by atoms with Gasteiger partial charge in [-0.05, 0) is 30.5 Å². The summed E-state index contributed by atoms with van der Waals surface area (Å²) < 4.78 is 0. The molecule has 0 spiro atoms. The number of benzene rings is 2. The van der Waals surface area contributed by atoms with Gasteiger partial charge < -0.3 is 10.6 Å². The first-order valence-corrected chi connectivity index (χ1v) is 8.18. The number of nitrogens with one attached hydrogen (secondary N) is 2. The van der Waals surface area contributed by atoms with E-state index >= 15 is 0 Å². The highest BCUT2D eigenvalue weighted by Crippen LogP contribution is 2.26. The van der Waals surface area contributed by atoms with E-state index in [1.165, 1.54) is 6.07 Å². The maximum atomic E-state index is 12.0. The monoisotopic (exact) mass is 337 g/mol. The van der Waals surface area contributed by atoms with Gasteiger partial charge in [0.15, 0.2) is 0 Å². The topological polar surface area (TPSA) is 84.3 Å². The Balaban J connectivity index is 1.66. The number of nitro groups is 1. The Labute approximate surface area is 145 Å². The molecule has 1 aliphatic rings. The minimum absolute atomic E-state index is 0.100. The van der Waals surface area contributed by atoms with Gasteiger partial charge >= 0.3 is 0 Å². The van der Waals surface area contributed by atoms with Gasteiger partial charge in [0.05, 0.1) is 4.92 Å². The zero-order valence-corrected chi connectivity index (χ0v) is 13.6. The highest BCUT2D eigenvalue weighted by molar-refractivity contribution is 5.96. The Hall–Kier alpha value is -3.15. The molecule has 6 nitrogen and oxygen atoms in total. The van der Waals surface area contributed by atoms with Gasteiger partial charge in [0, 0.05) is 24.2 Å². The summed E-state index contributed by atoms with van der Waals surface area (Å²) in [6, 6.07) is 14.5. The Morgan fingerprint density at radius 1 is 1.20 bits per heavy atom. The second kappa shape index (κ2) is 7.61. The summed E-state index contributed by atoms with van der Waals surface area (Å²) >= 11 is 0. The van der Waals surface area contributed by atoms with Crippen LogP contribution in [-0.4, -0.2) is 23.4 Å². The minimum Gasteiger partial charge on any atom is -0.376 e. The molecule has 0 aromatic heterocycles. The summed E-state index contributed by atoms with van der Waals surface area (Å²) in [7, 11) is 0. The first-order chi connectivity index (χ1) is 12.1. The molecule has 0 radical (unpaired) electrons. The summed E-state index contributed by atoms with van der Waals surface area (Å²) in [4.78, 5) is 22.9. The number of amides is 1. The van der Waals surface area contributed by atoms with Crippen LogP contribution >= 0.6 is 0 Å². The van der Waals surface area contributed by atoms with Gasteiger partial charge in [-0.15, -0.1) is 0 Å². The largest absolute Gasteiger partial charge is 0.376 e. The number of carbonyl (C=O) groups excluding carboxylic acids is 1. The Kier molecular flexibility index (Phi) is 5.09. The highest BCUT2D eigenvalue weighted by atomic mass is 16.6. The van der Waals surface area contributed by atoms with Gasteiger partial charge in [0.2, 0.25) is 0 Å². The van der Waals surface area contributed by atoms with Crippen molar-refractivity contribution in [2.75, 3.05) is 11.9 Å². The quantitative estimate of drug-likeness (QED) is 0.597. The van der Waals surface area contributed by atoms with Gasteiger partial charge in [0.25, 0.3) is 11.6 Å². The van der Waals surface area contributed by atoms with Gasteiger partial charge in [-0.3, -0.25) is 14.9 Å². The lowest BCUT2D eigenvalue weighted by Crippen LogP contribution is -2.25. The summed E-state index contributed by atoms with van der Waals surface area (Å²) in [5.41, 5.74) is 1.66. The highest BCUT2D eigenvalue weighted by Gasteiger charge is 2.25. The lowest BCUT2D eigenvalue weighted by Gasteiger charge is -2.07. The number of nitro benzene ring substituents is 1. The third kappa shape index (κ3) is 4.67. The van der Waals surface area contributed by atoms with E-state index in [9.17, 15) is 14.9 Å². The van der Waals surface area contributed by atoms with E-state index in [-0.39, 0.29) is 17.6 Å². The molecule has 0 heterocycles. The molecule has 25 heavy (non-hydrogen) atoms. The SMILES string of the molecule is O=C(NC1CC1)c1ccc(NC/C=C/c2ccccc2)c([N+](=O)[O-])c1. The van der Waals surface area contributed by atoms with Crippen molar-refractivity contribution in [1.29, 1.82) is 0 Å². The molecule has 2 aromatic carbocycles. The molecule has 2 aromatic rings. The van der Waals surface area contributed by atoms with Crippen molar-refractivity contribution in [2.24, 2.45) is 0 Å². The van der Waals surface area contributed by atoms with Crippen LogP contribution in [-0.2, 0) is 0 Å². The molecule has 0 atom stereocenters. The molecule has 3 rings (SSSR count). The second-order valence-electron chi connectivity index (χ2n) is 5.93. The third-order valence-electron chi connectivity index (χ3n) is 3.89. The average Bonchev–Trinajstić information content (AvgIpc) is 3.43. The number of nitrogens with zero attached hydrogens (tertiary/aromatic N) is 1. The fraction of sp³-hybridized carbons (Fsp3) is 0.211. The normalized spacial score (nSPS) is 13.6. The van der Waals surface area contributed by atoms with Crippen LogP contribution in [0.3, 0.4) is 0 Å². The molecule has 0 unspecified atom stereocenters. The number of rotatable bonds is 7. The van der Waals surface area contributed by atoms with Gasteiger partial charge in [0.1, 0.15) is 5.69 Å². The number of hydrogen-bond donors (Lipinski definition) is 2. The number of carbonyl (C=O) groups is 1. The fourth-order valence-corrected chi connectivity index (χ4v) is 2.40. The maximum absolute atomic E-state index is 12.0. The standard InChI is InChI=1S/C19H19N3O3/c23-19(21-16-9-10-16)15-8-11-17(18(13-15)22(24)25)20-12-4-7-14-5-2-1-3-6-14/h1-8,11,13,16,20H,9-10,12H2,(H,21,23)/b7-4+. The molecule has 128 valence electrons. The predicted octanol–water partition coefficient (Wildman–Crippen LogP) is 3.61. The van der Waals surface area contributed by atoms with Crippen LogP contribution in [0.15, 0.2) is 54.6 Å². The van der Waals surface area contributed by atoms with Gasteiger partial charge in [-0.25, -0.2) is 0 Å². The minimum atomic E-state index is -0.475. The first kappa shape index (κ1) is 16.7. The van der Waals surface area contributed by atoms with Crippen molar-refractivity contribution in [3.63, 3.8) is 0 Å². The summed E-state index contributed by atoms with van der Waals surface area (Å²) in [5.74, 6) is -0.263. The van der Waals surface area contributed by atoms with Crippen LogP contribution < -0.4 is 10.6 Å². The molecule has 2 N–H and O–H groups in total. The van der Waals surface area contributed by atoms with E-state index in [0.717, 1.165) is 18.4 Å². The van der Waals surface area contributed by atoms with E-state index < -0.39 is 4.92 Å². The summed E-state index contributed by atoms with van der Waals surface area (Å²) in [5, 5.41) is 17.2. The summed E-state index contributed by atoms with van der Waals surface area (Å²) in [6.45, 7) is 0.448. The van der Waals surface area contributed by atoms with Crippen LogP contribution in [0.1, 0.15) is 28.8 Å². The maximum Gasteiger partial charge on any atom is 0.293 e. The van der Waals surface area contributed by atoms with E-state index in [1.54, 1.807) is 12.1 Å².